The predicted molar refractivity (Wildman–Crippen MR) is 280 cm³/mol. The van der Waals surface area contributed by atoms with Crippen LogP contribution in [0.4, 0.5) is 34.1 Å². The summed E-state index contributed by atoms with van der Waals surface area (Å²) in [5.41, 5.74) is 13.7. The third-order valence-corrected chi connectivity index (χ3v) is 14.7. The number of thiophene rings is 1. The van der Waals surface area contributed by atoms with Gasteiger partial charge < -0.3 is 19.3 Å². The normalized spacial score (nSPS) is 12.7. The van der Waals surface area contributed by atoms with Gasteiger partial charge in [0.2, 0.25) is 0 Å². The molecule has 12 rings (SSSR count). The van der Waals surface area contributed by atoms with Crippen molar-refractivity contribution in [3.63, 3.8) is 0 Å². The van der Waals surface area contributed by atoms with E-state index in [9.17, 15) is 0 Å². The average Bonchev–Trinajstić information content (AvgIpc) is 3.83. The first-order chi connectivity index (χ1) is 32.3. The van der Waals surface area contributed by atoms with Crippen LogP contribution in [0.1, 0.15) is 25.0 Å². The fourth-order valence-electron chi connectivity index (χ4n) is 10.1. The van der Waals surface area contributed by atoms with Gasteiger partial charge in [0.1, 0.15) is 11.5 Å². The van der Waals surface area contributed by atoms with Gasteiger partial charge in [0, 0.05) is 59.7 Å². The first kappa shape index (κ1) is 39.7. The number of benzene rings is 10. The zero-order chi connectivity index (χ0) is 44.5. The Balaban J connectivity index is 1.09. The molecule has 0 aliphatic heterocycles. The minimum atomic E-state index is -0.115. The number of anilines is 6. The van der Waals surface area contributed by atoms with Crippen LogP contribution in [0.5, 0.6) is 11.5 Å². The molecule has 1 heterocycles. The van der Waals surface area contributed by atoms with Gasteiger partial charge in [0.05, 0.1) is 14.2 Å². The Morgan fingerprint density at radius 3 is 1.53 bits per heavy atom. The quantitative estimate of drug-likeness (QED) is 0.144. The average molecular weight is 871 g/mol. The summed E-state index contributed by atoms with van der Waals surface area (Å²) in [6.45, 7) is 4.74. The van der Waals surface area contributed by atoms with Crippen LogP contribution >= 0.6 is 11.3 Å². The van der Waals surface area contributed by atoms with Gasteiger partial charge in [-0.15, -0.1) is 11.3 Å². The molecule has 0 fully saturated rings. The zero-order valence-corrected chi connectivity index (χ0v) is 38.1. The van der Waals surface area contributed by atoms with Crippen LogP contribution in [0.2, 0.25) is 0 Å². The van der Waals surface area contributed by atoms with Gasteiger partial charge in [-0.1, -0.05) is 86.6 Å². The molecule has 0 bridgehead atoms. The number of para-hydroxylation sites is 1. The number of fused-ring (bicyclic) bond motifs is 8. The SMILES string of the molecule is COc1ccc(N(c2ccc(OC)cc2)c2cc(-c3ccc4cc5c(cc4c3)-c3cc4ccccc4cc3C5(C)C)cc(N(c3ccccc3)c3ccc4sc5ccccc5c4c3)c2)cc1. The number of nitrogens with zero attached hydrogens (tertiary/aromatic N) is 2. The van der Waals surface area contributed by atoms with E-state index in [1.807, 2.05) is 35.6 Å². The molecule has 66 heavy (non-hydrogen) atoms. The summed E-state index contributed by atoms with van der Waals surface area (Å²) < 4.78 is 13.8. The minimum Gasteiger partial charge on any atom is -0.497 e. The van der Waals surface area contributed by atoms with Crippen molar-refractivity contribution in [2.45, 2.75) is 19.3 Å². The molecule has 0 atom stereocenters. The molecule has 0 saturated carbocycles. The first-order valence-corrected chi connectivity index (χ1v) is 23.3. The molecule has 10 aromatic carbocycles. The maximum atomic E-state index is 5.64. The number of hydrogen-bond acceptors (Lipinski definition) is 5. The Morgan fingerprint density at radius 2 is 0.879 bits per heavy atom. The molecule has 11 aromatic rings. The summed E-state index contributed by atoms with van der Waals surface area (Å²) in [5.74, 6) is 1.60. The van der Waals surface area contributed by atoms with E-state index in [0.29, 0.717) is 0 Å². The van der Waals surface area contributed by atoms with Crippen molar-refractivity contribution in [2.75, 3.05) is 24.0 Å². The largest absolute Gasteiger partial charge is 0.497 e. The molecule has 0 radical (unpaired) electrons. The minimum absolute atomic E-state index is 0.115. The van der Waals surface area contributed by atoms with E-state index in [0.717, 1.165) is 56.8 Å². The Kier molecular flexibility index (Phi) is 9.44. The summed E-state index contributed by atoms with van der Waals surface area (Å²) >= 11 is 1.84. The Morgan fingerprint density at radius 1 is 0.364 bits per heavy atom. The van der Waals surface area contributed by atoms with Gasteiger partial charge in [-0.25, -0.2) is 0 Å². The van der Waals surface area contributed by atoms with Gasteiger partial charge in [0.15, 0.2) is 0 Å². The Labute approximate surface area is 389 Å². The molecule has 0 spiro atoms. The lowest BCUT2D eigenvalue weighted by Crippen LogP contribution is -2.14. The fraction of sp³-hybridized carbons (Fsp3) is 0.0820. The molecule has 0 amide bonds. The Hall–Kier alpha value is -7.86. The summed E-state index contributed by atoms with van der Waals surface area (Å²) in [4.78, 5) is 4.72. The topological polar surface area (TPSA) is 24.9 Å². The first-order valence-electron chi connectivity index (χ1n) is 22.5. The third-order valence-electron chi connectivity index (χ3n) is 13.5. The number of ether oxygens (including phenoxy) is 2. The van der Waals surface area contributed by atoms with Crippen LogP contribution in [0.25, 0.3) is 64.0 Å². The second kappa shape index (κ2) is 15.7. The predicted octanol–water partition coefficient (Wildman–Crippen LogP) is 17.3. The van der Waals surface area contributed by atoms with Crippen LogP contribution < -0.4 is 19.3 Å². The summed E-state index contributed by atoms with van der Waals surface area (Å²) in [6, 6.07) is 75.3. The van der Waals surface area contributed by atoms with E-state index >= 15 is 0 Å². The van der Waals surface area contributed by atoms with Gasteiger partial charge in [-0.3, -0.25) is 0 Å². The maximum Gasteiger partial charge on any atom is 0.119 e. The van der Waals surface area contributed by atoms with Gasteiger partial charge in [-0.05, 0) is 188 Å². The molecule has 1 aliphatic rings. The lowest BCUT2D eigenvalue weighted by atomic mass is 9.81. The zero-order valence-electron chi connectivity index (χ0n) is 37.2. The number of methoxy groups -OCH3 is 2. The molecule has 0 N–H and O–H groups in total. The lowest BCUT2D eigenvalue weighted by molar-refractivity contribution is 0.415. The second-order valence-corrected chi connectivity index (χ2v) is 18.8. The highest BCUT2D eigenvalue weighted by molar-refractivity contribution is 7.25. The van der Waals surface area contributed by atoms with E-state index in [2.05, 4.69) is 206 Å². The van der Waals surface area contributed by atoms with Gasteiger partial charge in [-0.2, -0.15) is 0 Å². The highest BCUT2D eigenvalue weighted by Crippen LogP contribution is 2.52. The molecule has 0 unspecified atom stereocenters. The van der Waals surface area contributed by atoms with Gasteiger partial charge in [0.25, 0.3) is 0 Å². The van der Waals surface area contributed by atoms with Crippen LogP contribution in [0, 0.1) is 0 Å². The molecule has 4 nitrogen and oxygen atoms in total. The number of rotatable bonds is 9. The molecular weight excluding hydrogens is 825 g/mol. The van der Waals surface area contributed by atoms with E-state index in [4.69, 9.17) is 9.47 Å². The fourth-order valence-corrected chi connectivity index (χ4v) is 11.2. The van der Waals surface area contributed by atoms with Crippen molar-refractivity contribution in [1.82, 2.24) is 0 Å². The van der Waals surface area contributed by atoms with E-state index in [-0.39, 0.29) is 5.41 Å². The highest BCUT2D eigenvalue weighted by Gasteiger charge is 2.36. The van der Waals surface area contributed by atoms with Crippen LogP contribution in [0.3, 0.4) is 0 Å². The summed E-state index contributed by atoms with van der Waals surface area (Å²) in [6.07, 6.45) is 0. The molecule has 318 valence electrons. The summed E-state index contributed by atoms with van der Waals surface area (Å²) in [7, 11) is 3.42. The van der Waals surface area contributed by atoms with Crippen LogP contribution in [-0.2, 0) is 5.41 Å². The van der Waals surface area contributed by atoms with E-state index < -0.39 is 0 Å². The Bertz CT molecular complexity index is 3600. The standard InChI is InChI=1S/C61H46N2O2S/c1-61(2)57-35-40-13-9-8-12-39(40)33-54(57)55-34-43-30-41(18-19-42(43)36-58(55)61)44-31-49(62(46-20-25-51(64-3)26-21-46)47-22-27-52(65-4)28-23-47)37-50(32-44)63(45-14-6-5-7-15-45)48-24-29-60-56(38-48)53-16-10-11-17-59(53)66-60/h5-38H,1-4H3. The van der Waals surface area contributed by atoms with Crippen molar-refractivity contribution < 1.29 is 9.47 Å². The van der Waals surface area contributed by atoms with E-state index in [1.54, 1.807) is 14.2 Å². The molecular formula is C61H46N2O2S. The molecule has 5 heteroatoms. The second-order valence-electron chi connectivity index (χ2n) is 17.7. The monoisotopic (exact) mass is 870 g/mol. The number of hydrogen-bond donors (Lipinski definition) is 0. The maximum absolute atomic E-state index is 5.64. The van der Waals surface area contributed by atoms with Gasteiger partial charge >= 0.3 is 0 Å². The molecule has 0 saturated heterocycles. The third kappa shape index (κ3) is 6.66. The van der Waals surface area contributed by atoms with Crippen molar-refractivity contribution in [3.05, 3.63) is 217 Å². The van der Waals surface area contributed by atoms with Crippen molar-refractivity contribution in [1.29, 1.82) is 0 Å². The van der Waals surface area contributed by atoms with Crippen molar-refractivity contribution in [3.8, 4) is 33.8 Å². The van der Waals surface area contributed by atoms with Crippen molar-refractivity contribution >= 4 is 87.2 Å². The van der Waals surface area contributed by atoms with Crippen LogP contribution in [-0.4, -0.2) is 14.2 Å². The smallest absolute Gasteiger partial charge is 0.119 e. The van der Waals surface area contributed by atoms with Crippen molar-refractivity contribution in [2.24, 2.45) is 0 Å². The van der Waals surface area contributed by atoms with Crippen LogP contribution in [0.15, 0.2) is 206 Å². The highest BCUT2D eigenvalue weighted by atomic mass is 32.1. The lowest BCUT2D eigenvalue weighted by Gasteiger charge is -2.30. The van der Waals surface area contributed by atoms with E-state index in [1.165, 1.54) is 64.0 Å². The molecule has 1 aromatic heterocycles. The molecule has 1 aliphatic carbocycles. The summed E-state index contributed by atoms with van der Waals surface area (Å²) in [5, 5.41) is 7.53.